The first-order valence-electron chi connectivity index (χ1n) is 14.3. The Morgan fingerprint density at radius 1 is 0.481 bits per heavy atom. The molecule has 0 saturated heterocycles. The molecule has 0 saturated carbocycles. The normalized spacial score (nSPS) is 12.1. The third kappa shape index (κ3) is 11.4. The molecule has 0 spiro atoms. The number of hydrogen-bond donors (Lipinski definition) is 12. The van der Waals surface area contributed by atoms with E-state index in [9.17, 15) is 14.4 Å². The number of rotatable bonds is 12. The summed E-state index contributed by atoms with van der Waals surface area (Å²) in [6.07, 6.45) is 0. The molecule has 0 bridgehead atoms. The fourth-order valence-electron chi connectivity index (χ4n) is 3.74. The molecule has 21 N–H and O–H groups in total. The van der Waals surface area contributed by atoms with Gasteiger partial charge in [0.05, 0.1) is 19.6 Å². The van der Waals surface area contributed by atoms with E-state index in [1.807, 2.05) is 0 Å². The van der Waals surface area contributed by atoms with Crippen molar-refractivity contribution in [2.45, 2.75) is 0 Å². The maximum absolute atomic E-state index is 12.6. The van der Waals surface area contributed by atoms with Crippen LogP contribution >= 0.6 is 34.8 Å². The number of nitrogens with one attached hydrogen (secondary N) is 3. The number of anilines is 6. The standard InChI is InChI=1S/C24H33Cl3N22O3/c25-10-16(31)43-13(28)7(40-10)19(50)46-22(34)37-1-4-49(5-2-38-23(35)47-20(51)8-14(29)44-17(32)11(26)41-8)6-3-39-24(36)48-21(52)9-15(30)45-18(33)12(27)42-9/h1-6H2,(H4,28,31,43)(H4,29,32,44)(H4,30,33,45)(H3,34,37,46,50)(H3,35,38,47,51)(H3,36,39,48,52). The molecule has 0 radical (unpaired) electrons. The SMILES string of the molecule is NC(=NCCN(CCN=C(N)NC(=O)c1nc(Cl)c(N)nc1N)CCN=C(N)NC(=O)c1nc(Cl)c(N)nc1N)NC(=O)c1nc(Cl)c(N)nc1N. The second-order valence-corrected chi connectivity index (χ2v) is 11.0. The fourth-order valence-corrected chi connectivity index (χ4v) is 4.12. The molecule has 3 amide bonds. The van der Waals surface area contributed by atoms with Crippen LogP contribution in [0.4, 0.5) is 34.9 Å². The van der Waals surface area contributed by atoms with Gasteiger partial charge in [0.25, 0.3) is 17.7 Å². The van der Waals surface area contributed by atoms with Gasteiger partial charge in [0.15, 0.2) is 85.3 Å². The number of amides is 3. The van der Waals surface area contributed by atoms with E-state index in [0.29, 0.717) is 0 Å². The maximum Gasteiger partial charge on any atom is 0.280 e. The maximum atomic E-state index is 12.6. The third-order valence-electron chi connectivity index (χ3n) is 6.18. The van der Waals surface area contributed by atoms with Gasteiger partial charge in [0.2, 0.25) is 0 Å². The number of halogens is 3. The zero-order valence-corrected chi connectivity index (χ0v) is 29.0. The van der Waals surface area contributed by atoms with E-state index < -0.39 is 17.7 Å². The Kier molecular flexibility index (Phi) is 13.9. The summed E-state index contributed by atoms with van der Waals surface area (Å²) in [6, 6.07) is 0. The lowest BCUT2D eigenvalue weighted by Gasteiger charge is -2.20. The average Bonchev–Trinajstić information content (AvgIpc) is 3.05. The first-order chi connectivity index (χ1) is 24.5. The fraction of sp³-hybridized carbons (Fsp3) is 0.250. The Bertz CT molecular complexity index is 1720. The molecule has 0 atom stereocenters. The summed E-state index contributed by atoms with van der Waals surface area (Å²) in [5, 5.41) is 6.29. The molecule has 3 rings (SSSR count). The minimum atomic E-state index is -0.827. The molecular weight excluding hydrogens is 751 g/mol. The largest absolute Gasteiger partial charge is 0.382 e. The van der Waals surface area contributed by atoms with Gasteiger partial charge in [-0.05, 0) is 0 Å². The third-order valence-corrected chi connectivity index (χ3v) is 7.01. The van der Waals surface area contributed by atoms with Crippen molar-refractivity contribution < 1.29 is 14.4 Å². The molecule has 0 unspecified atom stereocenters. The summed E-state index contributed by atoms with van der Waals surface area (Å²) in [6.45, 7) is 0.819. The Balaban J connectivity index is 1.66. The number of nitrogens with two attached hydrogens (primary N) is 9. The highest BCUT2D eigenvalue weighted by Crippen LogP contribution is 2.19. The first kappa shape index (κ1) is 40.1. The molecule has 0 aliphatic heterocycles. The van der Waals surface area contributed by atoms with Gasteiger partial charge >= 0.3 is 0 Å². The van der Waals surface area contributed by atoms with Gasteiger partial charge in [-0.15, -0.1) is 0 Å². The molecule has 278 valence electrons. The number of aromatic nitrogens is 6. The quantitative estimate of drug-likeness (QED) is 0.0622. The van der Waals surface area contributed by atoms with Crippen molar-refractivity contribution in [3.05, 3.63) is 32.5 Å². The van der Waals surface area contributed by atoms with E-state index >= 15 is 0 Å². The monoisotopic (exact) mass is 782 g/mol. The van der Waals surface area contributed by atoms with E-state index in [1.165, 1.54) is 0 Å². The Labute approximate surface area is 308 Å². The number of carbonyl (C=O) groups excluding carboxylic acids is 3. The van der Waals surface area contributed by atoms with Crippen molar-refractivity contribution in [1.29, 1.82) is 0 Å². The zero-order valence-electron chi connectivity index (χ0n) is 26.8. The summed E-state index contributed by atoms with van der Waals surface area (Å²) in [7, 11) is 0. The van der Waals surface area contributed by atoms with Crippen LogP contribution < -0.4 is 67.6 Å². The number of carbonyl (C=O) groups is 3. The van der Waals surface area contributed by atoms with E-state index in [1.54, 1.807) is 4.90 Å². The highest BCUT2D eigenvalue weighted by Gasteiger charge is 2.19. The predicted molar refractivity (Wildman–Crippen MR) is 196 cm³/mol. The Hall–Kier alpha value is -6.31. The van der Waals surface area contributed by atoms with Gasteiger partial charge in [0.1, 0.15) is 0 Å². The van der Waals surface area contributed by atoms with E-state index in [-0.39, 0.29) is 125 Å². The zero-order chi connectivity index (χ0) is 38.7. The van der Waals surface area contributed by atoms with Crippen LogP contribution in [0.25, 0.3) is 0 Å². The van der Waals surface area contributed by atoms with E-state index in [0.717, 1.165) is 0 Å². The van der Waals surface area contributed by atoms with Gasteiger partial charge in [-0.3, -0.25) is 50.2 Å². The number of nitrogens with zero attached hydrogens (tertiary/aromatic N) is 10. The minimum absolute atomic E-state index is 0.0489. The van der Waals surface area contributed by atoms with Crippen molar-refractivity contribution >= 4 is 105 Å². The Morgan fingerprint density at radius 2 is 0.731 bits per heavy atom. The highest BCUT2D eigenvalue weighted by molar-refractivity contribution is 6.32. The summed E-state index contributed by atoms with van der Waals surface area (Å²) in [5.74, 6) is -4.58. The van der Waals surface area contributed by atoms with Gasteiger partial charge in [0, 0.05) is 19.6 Å². The van der Waals surface area contributed by atoms with Crippen LogP contribution in [-0.2, 0) is 0 Å². The molecule has 0 aliphatic carbocycles. The van der Waals surface area contributed by atoms with E-state index in [2.05, 4.69) is 60.8 Å². The molecule has 0 fully saturated rings. The van der Waals surface area contributed by atoms with Crippen LogP contribution in [0.15, 0.2) is 15.0 Å². The summed E-state index contributed by atoms with van der Waals surface area (Å²) in [5.41, 5.74) is 50.4. The summed E-state index contributed by atoms with van der Waals surface area (Å²) < 4.78 is 0. The van der Waals surface area contributed by atoms with Crippen LogP contribution in [0.3, 0.4) is 0 Å². The minimum Gasteiger partial charge on any atom is -0.382 e. The molecule has 0 aromatic carbocycles. The second kappa shape index (κ2) is 18.1. The molecule has 25 nitrogen and oxygen atoms in total. The molecule has 3 aromatic heterocycles. The highest BCUT2D eigenvalue weighted by atomic mass is 35.5. The topological polar surface area (TPSA) is 439 Å². The summed E-state index contributed by atoms with van der Waals surface area (Å²) >= 11 is 17.5. The van der Waals surface area contributed by atoms with Crippen LogP contribution in [-0.4, -0.2) is 110 Å². The first-order valence-corrected chi connectivity index (χ1v) is 15.4. The average molecular weight is 784 g/mol. The van der Waals surface area contributed by atoms with Crippen LogP contribution in [0, 0.1) is 0 Å². The number of guanidine groups is 3. The van der Waals surface area contributed by atoms with Gasteiger partial charge in [-0.25, -0.2) is 29.9 Å². The van der Waals surface area contributed by atoms with Crippen molar-refractivity contribution in [3.63, 3.8) is 0 Å². The molecular formula is C24H33Cl3N22O3. The van der Waals surface area contributed by atoms with Gasteiger partial charge in [-0.1, -0.05) is 34.8 Å². The molecule has 0 aliphatic rings. The lowest BCUT2D eigenvalue weighted by atomic mass is 10.4. The predicted octanol–water partition coefficient (Wildman–Crippen LogP) is -3.65. The van der Waals surface area contributed by atoms with Gasteiger partial charge < -0.3 is 51.6 Å². The smallest absolute Gasteiger partial charge is 0.280 e. The van der Waals surface area contributed by atoms with Crippen LogP contribution in [0.5, 0.6) is 0 Å². The lowest BCUT2D eigenvalue weighted by molar-refractivity contribution is 0.0964. The Morgan fingerprint density at radius 3 is 0.981 bits per heavy atom. The number of aliphatic imine (C=N–C) groups is 3. The van der Waals surface area contributed by atoms with Crippen LogP contribution in [0.1, 0.15) is 31.5 Å². The number of nitrogen functional groups attached to an aromatic ring is 6. The van der Waals surface area contributed by atoms with E-state index in [4.69, 9.17) is 86.4 Å². The molecule has 3 heterocycles. The van der Waals surface area contributed by atoms with Crippen molar-refractivity contribution in [2.75, 3.05) is 73.7 Å². The number of hydrogen-bond acceptors (Lipinski definition) is 19. The molecule has 52 heavy (non-hydrogen) atoms. The van der Waals surface area contributed by atoms with Crippen molar-refractivity contribution in [2.24, 2.45) is 32.2 Å². The van der Waals surface area contributed by atoms with Gasteiger partial charge in [-0.2, -0.15) is 0 Å². The second-order valence-electron chi connectivity index (χ2n) is 9.91. The van der Waals surface area contributed by atoms with Crippen molar-refractivity contribution in [3.8, 4) is 0 Å². The lowest BCUT2D eigenvalue weighted by Crippen LogP contribution is -2.40. The van der Waals surface area contributed by atoms with Crippen LogP contribution in [0.2, 0.25) is 15.5 Å². The molecule has 28 heteroatoms. The summed E-state index contributed by atoms with van der Waals surface area (Å²) in [4.78, 5) is 74.4. The van der Waals surface area contributed by atoms with Crippen molar-refractivity contribution in [1.82, 2.24) is 50.8 Å². The molecule has 3 aromatic rings.